The third kappa shape index (κ3) is 3.80. The Bertz CT molecular complexity index is 1160. The van der Waals surface area contributed by atoms with E-state index in [1.807, 2.05) is 0 Å². The lowest BCUT2D eigenvalue weighted by Crippen LogP contribution is -2.30. The molecule has 0 saturated heterocycles. The van der Waals surface area contributed by atoms with Crippen molar-refractivity contribution in [3.05, 3.63) is 59.4 Å². The largest absolute Gasteiger partial charge is 0.337 e. The molecule has 0 bridgehead atoms. The molecule has 5 nitrogen and oxygen atoms in total. The van der Waals surface area contributed by atoms with Crippen LogP contribution in [0, 0.1) is 11.6 Å². The molecule has 3 rings (SSSR count). The van der Waals surface area contributed by atoms with E-state index in [9.17, 15) is 17.2 Å². The first-order valence-electron chi connectivity index (χ1n) is 8.59. The fourth-order valence-corrected chi connectivity index (χ4v) is 4.50. The van der Waals surface area contributed by atoms with Crippen LogP contribution in [0.5, 0.6) is 0 Å². The average molecular weight is 426 g/mol. The second-order valence-corrected chi connectivity index (χ2v) is 8.33. The molecule has 2 aromatic carbocycles. The number of imidazole rings is 1. The number of nitrogens with one attached hydrogen (secondary N) is 1. The van der Waals surface area contributed by atoms with Crippen molar-refractivity contribution in [3.8, 4) is 0 Å². The third-order valence-electron chi connectivity index (χ3n) is 4.29. The van der Waals surface area contributed by atoms with Gasteiger partial charge in [-0.15, -0.1) is 0 Å². The van der Waals surface area contributed by atoms with Crippen molar-refractivity contribution < 1.29 is 17.2 Å². The smallest absolute Gasteiger partial charge is 0.243 e. The Balaban J connectivity index is 2.01. The van der Waals surface area contributed by atoms with Gasteiger partial charge in [0.1, 0.15) is 5.82 Å². The van der Waals surface area contributed by atoms with Gasteiger partial charge in [0.2, 0.25) is 10.0 Å². The number of H-pyrrole nitrogens is 1. The monoisotopic (exact) mass is 425 g/mol. The number of aromatic nitrogens is 2. The van der Waals surface area contributed by atoms with Gasteiger partial charge >= 0.3 is 0 Å². The van der Waals surface area contributed by atoms with Crippen LogP contribution in [0.15, 0.2) is 41.3 Å². The summed E-state index contributed by atoms with van der Waals surface area (Å²) in [4.78, 5) is 7.35. The number of halogens is 3. The fraction of sp³-hybridized carbons (Fsp3) is 0.211. The van der Waals surface area contributed by atoms with E-state index < -0.39 is 21.7 Å². The van der Waals surface area contributed by atoms with E-state index in [0.717, 1.165) is 6.07 Å². The molecule has 0 atom stereocenters. The van der Waals surface area contributed by atoms with Gasteiger partial charge in [-0.2, -0.15) is 4.31 Å². The van der Waals surface area contributed by atoms with Crippen LogP contribution in [0.2, 0.25) is 0 Å². The molecule has 0 radical (unpaired) electrons. The van der Waals surface area contributed by atoms with E-state index in [1.54, 1.807) is 19.9 Å². The summed E-state index contributed by atoms with van der Waals surface area (Å²) in [7, 11) is -3.62. The highest BCUT2D eigenvalue weighted by atomic mass is 35.5. The van der Waals surface area contributed by atoms with Gasteiger partial charge < -0.3 is 4.98 Å². The van der Waals surface area contributed by atoms with Gasteiger partial charge in [-0.3, -0.25) is 0 Å². The maximum Gasteiger partial charge on any atom is 0.243 e. The van der Waals surface area contributed by atoms with Crippen LogP contribution in [-0.2, 0) is 10.0 Å². The fourth-order valence-electron chi connectivity index (χ4n) is 2.81. The van der Waals surface area contributed by atoms with Crippen molar-refractivity contribution in [2.75, 3.05) is 13.1 Å². The van der Waals surface area contributed by atoms with Crippen LogP contribution in [0.1, 0.15) is 25.2 Å². The molecule has 0 aliphatic carbocycles. The number of hydrogen-bond donors (Lipinski definition) is 1. The van der Waals surface area contributed by atoms with Crippen LogP contribution in [0.3, 0.4) is 0 Å². The van der Waals surface area contributed by atoms with E-state index in [4.69, 9.17) is 11.6 Å². The lowest BCUT2D eigenvalue weighted by atomic mass is 10.2. The number of nitrogens with zero attached hydrogens (tertiary/aromatic N) is 2. The molecule has 0 saturated carbocycles. The van der Waals surface area contributed by atoms with Crippen molar-refractivity contribution >= 4 is 43.8 Å². The number of benzene rings is 2. The van der Waals surface area contributed by atoms with Crippen LogP contribution in [-0.4, -0.2) is 35.8 Å². The van der Waals surface area contributed by atoms with E-state index in [1.165, 1.54) is 34.6 Å². The summed E-state index contributed by atoms with van der Waals surface area (Å²) in [5, 5.41) is 0.0638. The Hall–Kier alpha value is -2.29. The molecule has 1 N–H and O–H groups in total. The Morgan fingerprint density at radius 1 is 1.21 bits per heavy atom. The highest BCUT2D eigenvalue weighted by Gasteiger charge is 2.22. The van der Waals surface area contributed by atoms with Gasteiger partial charge in [-0.25, -0.2) is 22.2 Å². The summed E-state index contributed by atoms with van der Waals surface area (Å²) < 4.78 is 53.9. The lowest BCUT2D eigenvalue weighted by molar-refractivity contribution is 0.445. The minimum absolute atomic E-state index is 0.0183. The van der Waals surface area contributed by atoms with Crippen molar-refractivity contribution in [1.29, 1.82) is 0 Å². The van der Waals surface area contributed by atoms with Crippen LogP contribution in [0.4, 0.5) is 8.78 Å². The maximum atomic E-state index is 13.8. The Morgan fingerprint density at radius 3 is 2.61 bits per heavy atom. The summed E-state index contributed by atoms with van der Waals surface area (Å²) >= 11 is 6.21. The number of sulfonamides is 1. The molecule has 0 spiro atoms. The van der Waals surface area contributed by atoms with E-state index in [2.05, 4.69) is 9.97 Å². The Labute approximate surface area is 166 Å². The van der Waals surface area contributed by atoms with Gasteiger partial charge in [0.25, 0.3) is 0 Å². The predicted molar refractivity (Wildman–Crippen MR) is 106 cm³/mol. The number of rotatable bonds is 6. The zero-order valence-electron chi connectivity index (χ0n) is 15.2. The molecule has 0 amide bonds. The maximum absolute atomic E-state index is 13.8. The van der Waals surface area contributed by atoms with Gasteiger partial charge in [-0.05, 0) is 30.3 Å². The van der Waals surface area contributed by atoms with Crippen LogP contribution >= 0.6 is 11.6 Å². The lowest BCUT2D eigenvalue weighted by Gasteiger charge is -2.18. The quantitative estimate of drug-likeness (QED) is 0.627. The van der Waals surface area contributed by atoms with E-state index in [0.29, 0.717) is 24.1 Å². The molecular weight excluding hydrogens is 408 g/mol. The summed E-state index contributed by atoms with van der Waals surface area (Å²) in [6.07, 6.45) is 1.26. The molecule has 9 heteroatoms. The summed E-state index contributed by atoms with van der Waals surface area (Å²) in [5.41, 5.74) is 0.949. The first-order valence-corrected chi connectivity index (χ1v) is 10.4. The zero-order valence-corrected chi connectivity index (χ0v) is 16.8. The molecule has 0 unspecified atom stereocenters. The first-order chi connectivity index (χ1) is 13.3. The number of hydrogen-bond acceptors (Lipinski definition) is 3. The van der Waals surface area contributed by atoms with Crippen molar-refractivity contribution in [2.24, 2.45) is 0 Å². The molecule has 0 fully saturated rings. The number of fused-ring (bicyclic) bond motifs is 1. The summed E-state index contributed by atoms with van der Waals surface area (Å²) in [6, 6.07) is 8.30. The summed E-state index contributed by atoms with van der Waals surface area (Å²) in [6.45, 7) is 4.26. The summed E-state index contributed by atoms with van der Waals surface area (Å²) in [5.74, 6) is -1.77. The Kier molecular flexibility index (Phi) is 5.83. The standard InChI is InChI=1S/C19H18ClF2N3O2S/c1-3-25(4-2)28(26,27)13-8-9-16-17(11-13)24-19(23-16)14(20)10-12-6-5-7-15(21)18(12)22/h5-11H,3-4H2,1-2H3,(H,23,24). The van der Waals surface area contributed by atoms with Crippen LogP contribution in [0.25, 0.3) is 22.1 Å². The molecule has 148 valence electrons. The van der Waals surface area contributed by atoms with Gasteiger partial charge in [0.15, 0.2) is 11.6 Å². The normalized spacial score (nSPS) is 12.9. The van der Waals surface area contributed by atoms with Crippen molar-refractivity contribution in [3.63, 3.8) is 0 Å². The molecule has 1 heterocycles. The van der Waals surface area contributed by atoms with Crippen LogP contribution < -0.4 is 0 Å². The SMILES string of the molecule is CCN(CC)S(=O)(=O)c1ccc2nc(C(Cl)=Cc3cccc(F)c3F)[nH]c2c1. The predicted octanol–water partition coefficient (Wildman–Crippen LogP) is 4.61. The first kappa shape index (κ1) is 20.4. The topological polar surface area (TPSA) is 66.1 Å². The third-order valence-corrected chi connectivity index (χ3v) is 6.62. The molecule has 0 aliphatic rings. The van der Waals surface area contributed by atoms with Gasteiger partial charge in [0, 0.05) is 18.7 Å². The average Bonchev–Trinajstić information content (AvgIpc) is 3.09. The molecular formula is C19H18ClF2N3O2S. The Morgan fingerprint density at radius 2 is 1.93 bits per heavy atom. The molecule has 1 aromatic heterocycles. The van der Waals surface area contributed by atoms with E-state index in [-0.39, 0.29) is 21.3 Å². The molecule has 0 aliphatic heterocycles. The zero-order chi connectivity index (χ0) is 20.5. The molecule has 28 heavy (non-hydrogen) atoms. The second-order valence-electron chi connectivity index (χ2n) is 5.99. The van der Waals surface area contributed by atoms with Gasteiger partial charge in [-0.1, -0.05) is 37.6 Å². The number of aromatic amines is 1. The van der Waals surface area contributed by atoms with Crippen molar-refractivity contribution in [1.82, 2.24) is 14.3 Å². The minimum Gasteiger partial charge on any atom is -0.337 e. The van der Waals surface area contributed by atoms with Gasteiger partial charge in [0.05, 0.1) is 21.0 Å². The minimum atomic E-state index is -3.62. The molecule has 3 aromatic rings. The van der Waals surface area contributed by atoms with E-state index >= 15 is 0 Å². The van der Waals surface area contributed by atoms with Crippen molar-refractivity contribution in [2.45, 2.75) is 18.7 Å². The highest BCUT2D eigenvalue weighted by molar-refractivity contribution is 7.89. The highest BCUT2D eigenvalue weighted by Crippen LogP contribution is 2.26. The second kappa shape index (κ2) is 7.98.